The Morgan fingerprint density at radius 1 is 1.27 bits per heavy atom. The van der Waals surface area contributed by atoms with Gasteiger partial charge in [0.1, 0.15) is 29.3 Å². The lowest BCUT2D eigenvalue weighted by atomic mass is 9.98. The number of nitrogens with zero attached hydrogens (tertiary/aromatic N) is 4. The van der Waals surface area contributed by atoms with Crippen LogP contribution in [-0.2, 0) is 11.2 Å². The number of Topliss-reactive ketones (excluding diaryl/α,β-unsaturated/α-hetero) is 1. The van der Waals surface area contributed by atoms with E-state index in [0.29, 0.717) is 16.7 Å². The number of aromatic nitrogens is 2. The van der Waals surface area contributed by atoms with Crippen LogP contribution < -0.4 is 5.73 Å². The molecule has 7 nitrogen and oxygen atoms in total. The van der Waals surface area contributed by atoms with Crippen LogP contribution in [0.5, 0.6) is 0 Å². The number of ketones is 1. The molecule has 0 amide bonds. The summed E-state index contributed by atoms with van der Waals surface area (Å²) in [7, 11) is 1.37. The third-order valence-corrected chi connectivity index (χ3v) is 4.32. The van der Waals surface area contributed by atoms with E-state index in [9.17, 15) is 9.18 Å². The maximum absolute atomic E-state index is 14.4. The lowest BCUT2D eigenvalue weighted by Crippen LogP contribution is -2.17. The molecule has 0 saturated carbocycles. The highest BCUT2D eigenvalue weighted by Crippen LogP contribution is 2.27. The fraction of sp³-hybridized carbons (Fsp3) is 0.136. The first-order valence-electron chi connectivity index (χ1n) is 8.97. The fourth-order valence-corrected chi connectivity index (χ4v) is 2.85. The van der Waals surface area contributed by atoms with E-state index in [-0.39, 0.29) is 29.6 Å². The van der Waals surface area contributed by atoms with E-state index in [4.69, 9.17) is 15.7 Å². The molecule has 8 heteroatoms. The number of ether oxygens (including phenoxy) is 1. The van der Waals surface area contributed by atoms with Crippen molar-refractivity contribution in [1.82, 2.24) is 9.97 Å². The Bertz CT molecular complexity index is 1120. The molecule has 0 aliphatic rings. The molecular weight excluding hydrogens is 385 g/mol. The van der Waals surface area contributed by atoms with Crippen molar-refractivity contribution in [3.63, 3.8) is 0 Å². The van der Waals surface area contributed by atoms with Gasteiger partial charge in [-0.05, 0) is 35.4 Å². The number of pyridine rings is 2. The first-order chi connectivity index (χ1) is 14.5. The Labute approximate surface area is 172 Å². The number of carbonyl (C=O) groups is 1. The van der Waals surface area contributed by atoms with Gasteiger partial charge in [0.2, 0.25) is 0 Å². The van der Waals surface area contributed by atoms with Crippen molar-refractivity contribution in [2.75, 3.05) is 7.11 Å². The highest BCUT2D eigenvalue weighted by molar-refractivity contribution is 5.95. The van der Waals surface area contributed by atoms with Crippen molar-refractivity contribution < 1.29 is 13.9 Å². The van der Waals surface area contributed by atoms with Crippen LogP contribution in [0, 0.1) is 17.1 Å². The summed E-state index contributed by atoms with van der Waals surface area (Å²) in [5.41, 5.74) is 7.73. The minimum absolute atomic E-state index is 0.0770. The van der Waals surface area contributed by atoms with Gasteiger partial charge in [-0.1, -0.05) is 24.3 Å². The van der Waals surface area contributed by atoms with E-state index in [1.807, 2.05) is 6.07 Å². The molecule has 2 aromatic heterocycles. The number of rotatable bonds is 6. The minimum atomic E-state index is -0.839. The van der Waals surface area contributed by atoms with E-state index < -0.39 is 11.9 Å². The van der Waals surface area contributed by atoms with E-state index in [1.54, 1.807) is 30.3 Å². The highest BCUT2D eigenvalue weighted by Gasteiger charge is 2.20. The van der Waals surface area contributed by atoms with Crippen molar-refractivity contribution in [3.05, 3.63) is 94.8 Å². The van der Waals surface area contributed by atoms with Crippen molar-refractivity contribution in [3.8, 4) is 6.07 Å². The molecule has 1 atom stereocenters. The second-order valence-electron chi connectivity index (χ2n) is 6.33. The van der Waals surface area contributed by atoms with Gasteiger partial charge < -0.3 is 10.5 Å². The Hall–Kier alpha value is -4.12. The molecule has 0 saturated heterocycles. The quantitative estimate of drug-likeness (QED) is 0.384. The van der Waals surface area contributed by atoms with Gasteiger partial charge in [-0.25, -0.2) is 9.38 Å². The summed E-state index contributed by atoms with van der Waals surface area (Å²) in [5.74, 6) is -0.740. The van der Waals surface area contributed by atoms with E-state index in [1.165, 1.54) is 37.7 Å². The van der Waals surface area contributed by atoms with Crippen molar-refractivity contribution in [2.24, 2.45) is 10.7 Å². The maximum Gasteiger partial charge on any atom is 0.282 e. The second kappa shape index (κ2) is 9.39. The molecule has 2 heterocycles. The van der Waals surface area contributed by atoms with Gasteiger partial charge in [-0.2, -0.15) is 5.26 Å². The van der Waals surface area contributed by atoms with Gasteiger partial charge in [0.05, 0.1) is 12.7 Å². The number of hydrogen-bond donors (Lipinski definition) is 1. The predicted molar refractivity (Wildman–Crippen MR) is 108 cm³/mol. The number of amidine groups is 1. The molecule has 0 fully saturated rings. The monoisotopic (exact) mass is 403 g/mol. The Balaban J connectivity index is 1.92. The third-order valence-electron chi connectivity index (χ3n) is 4.32. The smallest absolute Gasteiger partial charge is 0.282 e. The number of nitrogens with two attached hydrogens (primary N) is 1. The van der Waals surface area contributed by atoms with Gasteiger partial charge in [-0.15, -0.1) is 0 Å². The molecule has 1 unspecified atom stereocenters. The normalized spacial score (nSPS) is 12.1. The number of methoxy groups -OCH3 is 1. The number of hydrogen-bond acceptors (Lipinski definition) is 6. The summed E-state index contributed by atoms with van der Waals surface area (Å²) in [6.45, 7) is 0. The fourth-order valence-electron chi connectivity index (χ4n) is 2.85. The summed E-state index contributed by atoms with van der Waals surface area (Å²) in [4.78, 5) is 24.9. The molecule has 3 rings (SSSR count). The van der Waals surface area contributed by atoms with Crippen LogP contribution in [0.15, 0.2) is 65.9 Å². The van der Waals surface area contributed by atoms with Crippen LogP contribution in [0.2, 0.25) is 0 Å². The SMILES string of the molecule is COC(N)=NC(c1cccc(CC(=O)c2ccc(C#N)cn2)c1)c1ncccc1F. The summed E-state index contributed by atoms with van der Waals surface area (Å²) in [5, 5.41) is 8.84. The largest absolute Gasteiger partial charge is 0.469 e. The van der Waals surface area contributed by atoms with E-state index in [0.717, 1.165) is 0 Å². The lowest BCUT2D eigenvalue weighted by Gasteiger charge is -2.15. The van der Waals surface area contributed by atoms with Gasteiger partial charge >= 0.3 is 0 Å². The van der Waals surface area contributed by atoms with Gasteiger partial charge in [-0.3, -0.25) is 14.8 Å². The zero-order chi connectivity index (χ0) is 21.5. The zero-order valence-corrected chi connectivity index (χ0v) is 16.1. The summed E-state index contributed by atoms with van der Waals surface area (Å²) in [6.07, 6.45) is 2.90. The molecule has 0 aliphatic heterocycles. The van der Waals surface area contributed by atoms with Gasteiger partial charge in [0.15, 0.2) is 5.78 Å². The van der Waals surface area contributed by atoms with Crippen molar-refractivity contribution >= 4 is 11.8 Å². The molecular formula is C22H18FN5O2. The van der Waals surface area contributed by atoms with Gasteiger partial charge in [0, 0.05) is 18.8 Å². The van der Waals surface area contributed by atoms with Crippen LogP contribution in [-0.4, -0.2) is 28.9 Å². The average molecular weight is 403 g/mol. The molecule has 0 bridgehead atoms. The number of aliphatic imine (C=N–C) groups is 1. The molecule has 2 N–H and O–H groups in total. The van der Waals surface area contributed by atoms with Crippen LogP contribution in [0.25, 0.3) is 0 Å². The number of halogens is 1. The summed E-state index contributed by atoms with van der Waals surface area (Å²) in [6, 6.07) is 13.8. The molecule has 0 aliphatic carbocycles. The minimum Gasteiger partial charge on any atom is -0.469 e. The first-order valence-corrected chi connectivity index (χ1v) is 8.97. The highest BCUT2D eigenvalue weighted by atomic mass is 19.1. The van der Waals surface area contributed by atoms with Crippen LogP contribution in [0.3, 0.4) is 0 Å². The first kappa shape index (κ1) is 20.6. The molecule has 0 radical (unpaired) electrons. The molecule has 3 aromatic rings. The van der Waals surface area contributed by atoms with Crippen molar-refractivity contribution in [1.29, 1.82) is 5.26 Å². The topological polar surface area (TPSA) is 114 Å². The number of carbonyl (C=O) groups excluding carboxylic acids is 1. The van der Waals surface area contributed by atoms with Crippen LogP contribution in [0.4, 0.5) is 4.39 Å². The zero-order valence-electron chi connectivity index (χ0n) is 16.1. The Kier molecular flexibility index (Phi) is 6.45. The standard InChI is InChI=1S/C22H18FN5O2/c1-30-22(25)28-20(21-17(23)6-3-9-26-21)16-5-2-4-14(10-16)11-19(29)18-8-7-15(12-24)13-27-18/h2-10,13,20H,11H2,1H3,(H2,25,28). The van der Waals surface area contributed by atoms with Crippen LogP contribution >= 0.6 is 0 Å². The lowest BCUT2D eigenvalue weighted by molar-refractivity contribution is 0.0988. The number of nitriles is 1. The third kappa shape index (κ3) is 4.83. The molecule has 1 aromatic carbocycles. The van der Waals surface area contributed by atoms with Crippen LogP contribution in [0.1, 0.15) is 38.9 Å². The van der Waals surface area contributed by atoms with Crippen molar-refractivity contribution in [2.45, 2.75) is 12.5 Å². The van der Waals surface area contributed by atoms with E-state index in [2.05, 4.69) is 15.0 Å². The summed E-state index contributed by atoms with van der Waals surface area (Å²) >= 11 is 0. The Morgan fingerprint density at radius 2 is 2.10 bits per heavy atom. The average Bonchev–Trinajstić information content (AvgIpc) is 2.78. The molecule has 30 heavy (non-hydrogen) atoms. The van der Waals surface area contributed by atoms with E-state index >= 15 is 0 Å². The number of benzene rings is 1. The second-order valence-corrected chi connectivity index (χ2v) is 6.33. The Morgan fingerprint density at radius 3 is 2.77 bits per heavy atom. The van der Waals surface area contributed by atoms with Gasteiger partial charge in [0.25, 0.3) is 6.02 Å². The molecule has 0 spiro atoms. The maximum atomic E-state index is 14.4. The molecule has 150 valence electrons. The predicted octanol–water partition coefficient (Wildman–Crippen LogP) is 2.96. The summed E-state index contributed by atoms with van der Waals surface area (Å²) < 4.78 is 19.3.